The lowest BCUT2D eigenvalue weighted by Crippen LogP contribution is -2.12. The predicted molar refractivity (Wildman–Crippen MR) is 64.9 cm³/mol. The summed E-state index contributed by atoms with van der Waals surface area (Å²) in [4.78, 5) is 19.5. The van der Waals surface area contributed by atoms with Crippen molar-refractivity contribution in [3.8, 4) is 5.69 Å². The van der Waals surface area contributed by atoms with Crippen LogP contribution in [0.3, 0.4) is 0 Å². The number of hydrogen-bond donors (Lipinski definition) is 1. The number of carboxylic acid groups (broad SMARTS) is 1. The van der Waals surface area contributed by atoms with Gasteiger partial charge in [0.15, 0.2) is 5.69 Å². The van der Waals surface area contributed by atoms with Gasteiger partial charge in [0, 0.05) is 12.1 Å². The second-order valence-corrected chi connectivity index (χ2v) is 4.32. The van der Waals surface area contributed by atoms with Gasteiger partial charge in [0.2, 0.25) is 0 Å². The largest absolute Gasteiger partial charge is 0.476 e. The molecule has 2 aromatic rings. The van der Waals surface area contributed by atoms with Gasteiger partial charge in [-0.25, -0.2) is 19.4 Å². The van der Waals surface area contributed by atoms with Gasteiger partial charge in [0.1, 0.15) is 11.5 Å². The highest BCUT2D eigenvalue weighted by atomic mass is 16.4. The van der Waals surface area contributed by atoms with Crippen LogP contribution in [0, 0.1) is 6.92 Å². The third kappa shape index (κ3) is 2.22. The molecule has 1 N–H and O–H groups in total. The summed E-state index contributed by atoms with van der Waals surface area (Å²) in [5.41, 5.74) is 1.15. The van der Waals surface area contributed by atoms with Crippen LogP contribution < -0.4 is 0 Å². The number of rotatable bonds is 3. The monoisotopic (exact) mass is 246 g/mol. The summed E-state index contributed by atoms with van der Waals surface area (Å²) in [5, 5.41) is 13.4. The molecule has 2 aromatic heterocycles. The van der Waals surface area contributed by atoms with Crippen molar-refractivity contribution in [2.24, 2.45) is 0 Å². The van der Waals surface area contributed by atoms with Gasteiger partial charge in [-0.05, 0) is 13.0 Å². The lowest BCUT2D eigenvalue weighted by Gasteiger charge is -2.08. The number of hydrogen-bond acceptors (Lipinski definition) is 4. The van der Waals surface area contributed by atoms with Crippen molar-refractivity contribution in [2.75, 3.05) is 0 Å². The Kier molecular flexibility index (Phi) is 3.10. The third-order valence-corrected chi connectivity index (χ3v) is 2.48. The Bertz CT molecular complexity index is 590. The minimum atomic E-state index is -1.08. The Labute approximate surface area is 104 Å². The highest BCUT2D eigenvalue weighted by Crippen LogP contribution is 2.15. The number of aromatic nitrogens is 4. The molecule has 0 spiro atoms. The molecule has 0 aliphatic heterocycles. The van der Waals surface area contributed by atoms with E-state index in [4.69, 9.17) is 0 Å². The van der Waals surface area contributed by atoms with Crippen LogP contribution in [-0.4, -0.2) is 30.8 Å². The number of carboxylic acids is 1. The standard InChI is InChI=1S/C12H14N4O2/c1-7(2)11-13-6-9(10(14-11)12(17)18)16-5-4-8(3)15-16/h4-7H,1-3H3,(H,17,18). The lowest BCUT2D eigenvalue weighted by atomic mass is 10.2. The summed E-state index contributed by atoms with van der Waals surface area (Å²) < 4.78 is 1.48. The average molecular weight is 246 g/mol. The number of carbonyl (C=O) groups is 1. The van der Waals surface area contributed by atoms with Crippen LogP contribution in [0.15, 0.2) is 18.5 Å². The summed E-state index contributed by atoms with van der Waals surface area (Å²) in [6.07, 6.45) is 3.19. The normalized spacial score (nSPS) is 10.9. The van der Waals surface area contributed by atoms with Crippen LogP contribution in [0.25, 0.3) is 5.69 Å². The first-order valence-electron chi connectivity index (χ1n) is 5.62. The van der Waals surface area contributed by atoms with Crippen molar-refractivity contribution >= 4 is 5.97 Å². The maximum atomic E-state index is 11.2. The predicted octanol–water partition coefficient (Wildman–Crippen LogP) is 1.79. The van der Waals surface area contributed by atoms with E-state index in [-0.39, 0.29) is 11.6 Å². The van der Waals surface area contributed by atoms with Crippen molar-refractivity contribution in [3.05, 3.63) is 35.7 Å². The summed E-state index contributed by atoms with van der Waals surface area (Å²) in [7, 11) is 0. The smallest absolute Gasteiger partial charge is 0.356 e. The second-order valence-electron chi connectivity index (χ2n) is 4.32. The maximum absolute atomic E-state index is 11.2. The van der Waals surface area contributed by atoms with E-state index in [9.17, 15) is 9.90 Å². The first kappa shape index (κ1) is 12.2. The molecule has 0 aliphatic rings. The average Bonchev–Trinajstić information content (AvgIpc) is 2.74. The van der Waals surface area contributed by atoms with Crippen LogP contribution >= 0.6 is 0 Å². The zero-order chi connectivity index (χ0) is 13.3. The van der Waals surface area contributed by atoms with Crippen LogP contribution in [0.2, 0.25) is 0 Å². The van der Waals surface area contributed by atoms with Crippen molar-refractivity contribution in [1.29, 1.82) is 0 Å². The fourth-order valence-electron chi connectivity index (χ4n) is 1.54. The topological polar surface area (TPSA) is 80.9 Å². The Morgan fingerprint density at radius 1 is 1.44 bits per heavy atom. The van der Waals surface area contributed by atoms with Gasteiger partial charge in [0.05, 0.1) is 11.9 Å². The maximum Gasteiger partial charge on any atom is 0.356 e. The van der Waals surface area contributed by atoms with E-state index in [2.05, 4.69) is 15.1 Å². The molecule has 0 fully saturated rings. The molecule has 0 aromatic carbocycles. The molecule has 0 atom stereocenters. The minimum absolute atomic E-state index is 0.0307. The van der Waals surface area contributed by atoms with Crippen molar-refractivity contribution in [1.82, 2.24) is 19.7 Å². The third-order valence-electron chi connectivity index (χ3n) is 2.48. The summed E-state index contributed by atoms with van der Waals surface area (Å²) in [6, 6.07) is 1.79. The van der Waals surface area contributed by atoms with Gasteiger partial charge in [0.25, 0.3) is 0 Å². The Morgan fingerprint density at radius 3 is 2.67 bits per heavy atom. The van der Waals surface area contributed by atoms with Gasteiger partial charge >= 0.3 is 5.97 Å². The molecule has 6 heteroatoms. The number of aryl methyl sites for hydroxylation is 1. The molecule has 0 radical (unpaired) electrons. The molecule has 94 valence electrons. The van der Waals surface area contributed by atoms with E-state index in [0.717, 1.165) is 5.69 Å². The number of aromatic carboxylic acids is 1. The SMILES string of the molecule is Cc1ccn(-c2cnc(C(C)C)nc2C(=O)O)n1. The molecule has 6 nitrogen and oxygen atoms in total. The quantitative estimate of drug-likeness (QED) is 0.892. The lowest BCUT2D eigenvalue weighted by molar-refractivity contribution is 0.0689. The molecule has 0 amide bonds. The van der Waals surface area contributed by atoms with Crippen LogP contribution in [0.1, 0.15) is 41.8 Å². The van der Waals surface area contributed by atoms with Crippen LogP contribution in [0.5, 0.6) is 0 Å². The molecule has 18 heavy (non-hydrogen) atoms. The van der Waals surface area contributed by atoms with Crippen LogP contribution in [-0.2, 0) is 0 Å². The molecule has 0 saturated heterocycles. The van der Waals surface area contributed by atoms with E-state index in [1.165, 1.54) is 10.9 Å². The highest BCUT2D eigenvalue weighted by molar-refractivity contribution is 5.89. The Morgan fingerprint density at radius 2 is 2.17 bits per heavy atom. The molecular weight excluding hydrogens is 232 g/mol. The molecule has 2 heterocycles. The molecular formula is C12H14N4O2. The van der Waals surface area contributed by atoms with E-state index in [1.807, 2.05) is 20.8 Å². The highest BCUT2D eigenvalue weighted by Gasteiger charge is 2.17. The van der Waals surface area contributed by atoms with Gasteiger partial charge in [-0.2, -0.15) is 5.10 Å². The van der Waals surface area contributed by atoms with E-state index in [1.54, 1.807) is 12.3 Å². The van der Waals surface area contributed by atoms with E-state index >= 15 is 0 Å². The number of nitrogens with zero attached hydrogens (tertiary/aromatic N) is 4. The zero-order valence-corrected chi connectivity index (χ0v) is 10.5. The zero-order valence-electron chi connectivity index (χ0n) is 10.5. The van der Waals surface area contributed by atoms with Crippen molar-refractivity contribution < 1.29 is 9.90 Å². The summed E-state index contributed by atoms with van der Waals surface area (Å²) in [6.45, 7) is 5.66. The first-order chi connectivity index (χ1) is 8.49. The van der Waals surface area contributed by atoms with Crippen molar-refractivity contribution in [2.45, 2.75) is 26.7 Å². The Hall–Kier alpha value is -2.24. The first-order valence-corrected chi connectivity index (χ1v) is 5.62. The van der Waals surface area contributed by atoms with Crippen LogP contribution in [0.4, 0.5) is 0 Å². The van der Waals surface area contributed by atoms with E-state index in [0.29, 0.717) is 11.5 Å². The molecule has 0 aliphatic carbocycles. The van der Waals surface area contributed by atoms with Gasteiger partial charge < -0.3 is 5.11 Å². The second kappa shape index (κ2) is 4.56. The summed E-state index contributed by atoms with van der Waals surface area (Å²) in [5.74, 6) is -0.487. The van der Waals surface area contributed by atoms with Gasteiger partial charge in [-0.15, -0.1) is 0 Å². The van der Waals surface area contributed by atoms with Gasteiger partial charge in [-0.3, -0.25) is 0 Å². The van der Waals surface area contributed by atoms with E-state index < -0.39 is 5.97 Å². The summed E-state index contributed by atoms with van der Waals surface area (Å²) >= 11 is 0. The molecule has 0 bridgehead atoms. The van der Waals surface area contributed by atoms with Gasteiger partial charge in [-0.1, -0.05) is 13.8 Å². The molecule has 0 unspecified atom stereocenters. The molecule has 0 saturated carbocycles. The fourth-order valence-corrected chi connectivity index (χ4v) is 1.54. The van der Waals surface area contributed by atoms with Crippen molar-refractivity contribution in [3.63, 3.8) is 0 Å². The fraction of sp³-hybridized carbons (Fsp3) is 0.333. The Balaban J connectivity index is 2.57. The minimum Gasteiger partial charge on any atom is -0.476 e. The molecule has 2 rings (SSSR count).